The predicted octanol–water partition coefficient (Wildman–Crippen LogP) is -42.2. The molecular weight excluding hydrogens is 369 g/mol. The van der Waals surface area contributed by atoms with E-state index in [1.165, 1.54) is 0 Å². The van der Waals surface area contributed by atoms with Gasteiger partial charge in [0.1, 0.15) is 0 Å². The molecule has 0 aromatic carbocycles. The number of carbonyl (C=O) groups is 5. The molecule has 0 aliphatic carbocycles. The molecule has 0 atom stereocenters. The van der Waals surface area contributed by atoms with Gasteiger partial charge < -0.3 is 75.0 Å². The molecule has 0 aliphatic rings. The van der Waals surface area contributed by atoms with E-state index >= 15 is 0 Å². The molecule has 0 aromatic rings. The molecule has 0 saturated heterocycles. The summed E-state index contributed by atoms with van der Waals surface area (Å²) in [5.74, 6) is 0. The van der Waals surface area contributed by atoms with E-state index in [-0.39, 0.29) is 189 Å². The zero-order valence-electron chi connectivity index (χ0n) is 18.6. The standard InChI is InChI=1S/5CH2O3.10Li/c5*2-1(3)4;;;;;;;;;;/h5*(H2,2,3,4);;;;;;;;;;/q;;;;;10*+1/p-10. The molecule has 0 aromatic heterocycles. The summed E-state index contributed by atoms with van der Waals surface area (Å²) in [6, 6.07) is 0. The van der Waals surface area contributed by atoms with Crippen LogP contribution in [0.25, 0.3) is 0 Å². The molecule has 0 N–H and O–H groups in total. The van der Waals surface area contributed by atoms with Crippen LogP contribution in [0.4, 0.5) is 24.0 Å². The fourth-order valence-corrected chi connectivity index (χ4v) is 0. The molecule has 0 spiro atoms. The summed E-state index contributed by atoms with van der Waals surface area (Å²) in [4.78, 5) is 41.7. The Morgan fingerprint density at radius 1 is 0.233 bits per heavy atom. The molecule has 0 rings (SSSR count). The first-order chi connectivity index (χ1) is 8.66. The van der Waals surface area contributed by atoms with Gasteiger partial charge in [-0.05, 0) is 30.8 Å². The van der Waals surface area contributed by atoms with Crippen LogP contribution in [0.2, 0.25) is 0 Å². The second kappa shape index (κ2) is 96.0. The van der Waals surface area contributed by atoms with Gasteiger partial charge in [0.05, 0.1) is 0 Å². The summed E-state index contributed by atoms with van der Waals surface area (Å²) in [5.41, 5.74) is 0. The van der Waals surface area contributed by atoms with Crippen LogP contribution in [0.5, 0.6) is 0 Å². The summed E-state index contributed by atoms with van der Waals surface area (Å²) in [6.07, 6.45) is -11.7. The maximum Gasteiger partial charge on any atom is 1.00 e. The maximum atomic E-state index is 8.33. The first kappa shape index (κ1) is 106. The van der Waals surface area contributed by atoms with Crippen molar-refractivity contribution in [2.75, 3.05) is 0 Å². The van der Waals surface area contributed by atoms with E-state index in [1.807, 2.05) is 0 Å². The van der Waals surface area contributed by atoms with Crippen LogP contribution in [0, 0.1) is 0 Å². The Labute approximate surface area is 290 Å². The molecule has 0 aliphatic heterocycles. The van der Waals surface area contributed by atoms with Crippen LogP contribution in [-0.2, 0) is 0 Å². The van der Waals surface area contributed by atoms with Crippen molar-refractivity contribution in [3.8, 4) is 0 Å². The minimum absolute atomic E-state index is 0. The second-order valence-corrected chi connectivity index (χ2v) is 1.25. The minimum atomic E-state index is -2.33. The third-order valence-electron chi connectivity index (χ3n) is 0. The van der Waals surface area contributed by atoms with Crippen molar-refractivity contribution < 1.29 is 264 Å². The molecule has 0 radical (unpaired) electrons. The van der Waals surface area contributed by atoms with Gasteiger partial charge in [-0.15, -0.1) is 0 Å². The van der Waals surface area contributed by atoms with Crippen molar-refractivity contribution in [2.24, 2.45) is 0 Å². The van der Waals surface area contributed by atoms with Gasteiger partial charge in [0.15, 0.2) is 0 Å². The number of carbonyl (C=O) groups excluding carboxylic acids is 5. The van der Waals surface area contributed by atoms with Gasteiger partial charge >= 0.3 is 189 Å². The Bertz CT molecular complexity index is 229. The average Bonchev–Trinajstić information content (AvgIpc) is 1.94. The van der Waals surface area contributed by atoms with Gasteiger partial charge in [-0.3, -0.25) is 0 Å². The smallest absolute Gasteiger partial charge is 0.652 e. The Morgan fingerprint density at radius 3 is 0.233 bits per heavy atom. The zero-order chi connectivity index (χ0) is 17.9. The van der Waals surface area contributed by atoms with Crippen LogP contribution in [0.3, 0.4) is 0 Å². The SMILES string of the molecule is O=C([O-])[O-].O=C([O-])[O-].O=C([O-])[O-].O=C([O-])[O-].O=C([O-])[O-].[Li+].[Li+].[Li+].[Li+].[Li+].[Li+].[Li+].[Li+].[Li+].[Li+]. The summed E-state index contributed by atoms with van der Waals surface area (Å²) in [7, 11) is 0. The maximum absolute atomic E-state index is 8.33. The molecule has 15 nitrogen and oxygen atoms in total. The number of hydrogen-bond acceptors (Lipinski definition) is 15. The second-order valence-electron chi connectivity index (χ2n) is 1.25. The largest absolute Gasteiger partial charge is 1.00 e. The molecule has 120 valence electrons. The van der Waals surface area contributed by atoms with Gasteiger partial charge in [-0.1, -0.05) is 0 Å². The molecule has 0 unspecified atom stereocenters. The third-order valence-corrected chi connectivity index (χ3v) is 0. The van der Waals surface area contributed by atoms with E-state index in [1.54, 1.807) is 0 Å². The molecule has 0 saturated carbocycles. The molecular formula is C5Li10O15. The van der Waals surface area contributed by atoms with Crippen LogP contribution in [0.1, 0.15) is 0 Å². The normalized spacial score (nSPS) is 4.00. The molecule has 0 heterocycles. The first-order valence-corrected chi connectivity index (χ1v) is 3.06. The fraction of sp³-hybridized carbons (Fsp3) is 0. The number of hydrogen-bond donors (Lipinski definition) is 0. The third kappa shape index (κ3) is 4830. The molecule has 0 amide bonds. The van der Waals surface area contributed by atoms with Crippen molar-refractivity contribution >= 4 is 30.8 Å². The van der Waals surface area contributed by atoms with Gasteiger partial charge in [0, 0.05) is 0 Å². The van der Waals surface area contributed by atoms with Crippen LogP contribution >= 0.6 is 0 Å². The van der Waals surface area contributed by atoms with E-state index in [9.17, 15) is 0 Å². The Hall–Kier alpha value is 2.32. The van der Waals surface area contributed by atoms with Crippen molar-refractivity contribution in [2.45, 2.75) is 0 Å². The summed E-state index contributed by atoms with van der Waals surface area (Å²) >= 11 is 0. The Kier molecular flexibility index (Phi) is 338. The van der Waals surface area contributed by atoms with E-state index in [0.717, 1.165) is 0 Å². The number of carboxylic acid groups (broad SMARTS) is 10. The Morgan fingerprint density at radius 2 is 0.233 bits per heavy atom. The predicted molar refractivity (Wildman–Crippen MR) is 27.0 cm³/mol. The van der Waals surface area contributed by atoms with E-state index in [2.05, 4.69) is 0 Å². The topological polar surface area (TPSA) is 316 Å². The average molecular weight is 369 g/mol. The van der Waals surface area contributed by atoms with E-state index < -0.39 is 30.8 Å². The van der Waals surface area contributed by atoms with Crippen LogP contribution in [0.15, 0.2) is 0 Å². The molecule has 30 heavy (non-hydrogen) atoms. The Balaban J connectivity index is -0.00000000666. The van der Waals surface area contributed by atoms with Crippen molar-refractivity contribution in [1.82, 2.24) is 0 Å². The number of rotatable bonds is 0. The summed E-state index contributed by atoms with van der Waals surface area (Å²) < 4.78 is 0. The molecule has 0 fully saturated rings. The summed E-state index contributed by atoms with van der Waals surface area (Å²) in [6.45, 7) is 0. The van der Waals surface area contributed by atoms with Gasteiger partial charge in [0.25, 0.3) is 0 Å². The molecule has 25 heteroatoms. The van der Waals surface area contributed by atoms with Crippen LogP contribution < -0.4 is 240 Å². The van der Waals surface area contributed by atoms with E-state index in [4.69, 9.17) is 75.0 Å². The van der Waals surface area contributed by atoms with Crippen molar-refractivity contribution in [1.29, 1.82) is 0 Å². The van der Waals surface area contributed by atoms with Gasteiger partial charge in [-0.2, -0.15) is 0 Å². The monoisotopic (exact) mass is 370 g/mol. The fourth-order valence-electron chi connectivity index (χ4n) is 0. The van der Waals surface area contributed by atoms with Gasteiger partial charge in [-0.25, -0.2) is 0 Å². The molecule has 0 bridgehead atoms. The van der Waals surface area contributed by atoms with Crippen molar-refractivity contribution in [3.05, 3.63) is 0 Å². The van der Waals surface area contributed by atoms with Crippen molar-refractivity contribution in [3.63, 3.8) is 0 Å². The van der Waals surface area contributed by atoms with Crippen LogP contribution in [-0.4, -0.2) is 30.8 Å². The minimum Gasteiger partial charge on any atom is -0.652 e. The first-order valence-electron chi connectivity index (χ1n) is 3.06. The zero-order valence-corrected chi connectivity index (χ0v) is 18.6. The van der Waals surface area contributed by atoms with Gasteiger partial charge in [0.2, 0.25) is 0 Å². The van der Waals surface area contributed by atoms with E-state index in [0.29, 0.717) is 0 Å². The quantitative estimate of drug-likeness (QED) is 0.357. The summed E-state index contributed by atoms with van der Waals surface area (Å²) in [5, 5.41) is 83.3.